The first kappa shape index (κ1) is 9.26. The van der Waals surface area contributed by atoms with Crippen LogP contribution in [0.4, 0.5) is 0 Å². The summed E-state index contributed by atoms with van der Waals surface area (Å²) >= 11 is 0. The lowest BCUT2D eigenvalue weighted by molar-refractivity contribution is 0.402. The van der Waals surface area contributed by atoms with E-state index < -0.39 is 0 Å². The lowest BCUT2D eigenvalue weighted by atomic mass is 9.79. The lowest BCUT2D eigenvalue weighted by Gasteiger charge is -2.25. The third-order valence-corrected chi connectivity index (χ3v) is 4.47. The number of hydrogen-bond donors (Lipinski definition) is 1. The van der Waals surface area contributed by atoms with Gasteiger partial charge in [0.2, 0.25) is 0 Å². The minimum atomic E-state index is 0.353. The Hall–Kier alpha value is -0.980. The molecule has 0 aromatic heterocycles. The van der Waals surface area contributed by atoms with Crippen LogP contribution in [0.15, 0.2) is 12.1 Å². The first-order valence-electron chi connectivity index (χ1n) is 6.05. The average molecular weight is 202 g/mol. The van der Waals surface area contributed by atoms with Crippen molar-refractivity contribution < 1.29 is 5.11 Å². The van der Waals surface area contributed by atoms with E-state index in [1.54, 1.807) is 0 Å². The van der Waals surface area contributed by atoms with Crippen molar-refractivity contribution in [1.29, 1.82) is 0 Å². The van der Waals surface area contributed by atoms with Crippen LogP contribution in [0, 0.1) is 6.92 Å². The zero-order valence-corrected chi connectivity index (χ0v) is 9.34. The number of fused-ring (bicyclic) bond motifs is 2. The Morgan fingerprint density at radius 3 is 2.60 bits per heavy atom. The molecule has 1 fully saturated rings. The highest BCUT2D eigenvalue weighted by Crippen LogP contribution is 2.53. The van der Waals surface area contributed by atoms with Gasteiger partial charge in [-0.1, -0.05) is 18.9 Å². The molecule has 0 radical (unpaired) electrons. The summed E-state index contributed by atoms with van der Waals surface area (Å²) in [7, 11) is 0. The van der Waals surface area contributed by atoms with Crippen molar-refractivity contribution in [2.24, 2.45) is 0 Å². The fourth-order valence-corrected chi connectivity index (χ4v) is 3.69. The third kappa shape index (κ3) is 1.15. The fraction of sp³-hybridized carbons (Fsp3) is 0.571. The maximum atomic E-state index is 10.1. The van der Waals surface area contributed by atoms with Gasteiger partial charge in [0.1, 0.15) is 5.75 Å². The van der Waals surface area contributed by atoms with E-state index in [-0.39, 0.29) is 0 Å². The predicted molar refractivity (Wildman–Crippen MR) is 61.3 cm³/mol. The predicted octanol–water partition coefficient (Wildman–Crippen LogP) is 3.46. The Morgan fingerprint density at radius 2 is 1.87 bits per heavy atom. The molecule has 0 unspecified atom stereocenters. The summed E-state index contributed by atoms with van der Waals surface area (Å²) in [5.74, 6) is 0.551. The number of aromatic hydroxyl groups is 1. The molecule has 0 aliphatic heterocycles. The zero-order chi connectivity index (χ0) is 10.5. The van der Waals surface area contributed by atoms with E-state index in [0.29, 0.717) is 11.2 Å². The highest BCUT2D eigenvalue weighted by atomic mass is 16.3. The molecule has 15 heavy (non-hydrogen) atoms. The second kappa shape index (κ2) is 3.01. The van der Waals surface area contributed by atoms with Crippen molar-refractivity contribution in [3.8, 4) is 5.75 Å². The van der Waals surface area contributed by atoms with Crippen LogP contribution in [-0.4, -0.2) is 5.11 Å². The maximum Gasteiger partial charge on any atom is 0.119 e. The Bertz CT molecular complexity index is 400. The summed E-state index contributed by atoms with van der Waals surface area (Å²) in [6.45, 7) is 2.17. The van der Waals surface area contributed by atoms with Crippen LogP contribution in [0.5, 0.6) is 5.75 Å². The van der Waals surface area contributed by atoms with E-state index in [9.17, 15) is 5.11 Å². The summed E-state index contributed by atoms with van der Waals surface area (Å²) in [5, 5.41) is 10.1. The summed E-state index contributed by atoms with van der Waals surface area (Å²) in [6, 6.07) is 3.95. The zero-order valence-electron chi connectivity index (χ0n) is 9.34. The van der Waals surface area contributed by atoms with Crippen LogP contribution in [0.1, 0.15) is 48.8 Å². The normalized spacial score (nSPS) is 22.2. The van der Waals surface area contributed by atoms with Gasteiger partial charge in [-0.05, 0) is 55.2 Å². The second-order valence-electron chi connectivity index (χ2n) is 5.24. The van der Waals surface area contributed by atoms with Crippen molar-refractivity contribution in [3.05, 3.63) is 28.8 Å². The van der Waals surface area contributed by atoms with Crippen molar-refractivity contribution in [3.63, 3.8) is 0 Å². The molecule has 3 rings (SSSR count). The topological polar surface area (TPSA) is 20.2 Å². The van der Waals surface area contributed by atoms with Gasteiger partial charge < -0.3 is 5.11 Å². The van der Waals surface area contributed by atoms with Gasteiger partial charge in [0.05, 0.1) is 0 Å². The van der Waals surface area contributed by atoms with Crippen LogP contribution in [0.25, 0.3) is 0 Å². The largest absolute Gasteiger partial charge is 0.508 e. The van der Waals surface area contributed by atoms with Crippen molar-refractivity contribution in [1.82, 2.24) is 0 Å². The second-order valence-corrected chi connectivity index (χ2v) is 5.24. The number of benzene rings is 1. The first-order chi connectivity index (χ1) is 7.23. The van der Waals surface area contributed by atoms with Gasteiger partial charge in [-0.2, -0.15) is 0 Å². The quantitative estimate of drug-likeness (QED) is 0.683. The molecule has 1 spiro atoms. The molecule has 0 bridgehead atoms. The smallest absolute Gasteiger partial charge is 0.119 e. The standard InChI is InChI=1S/C14H18O/c1-10-4-5-12(15)13-11(10)6-9-14(13)7-2-3-8-14/h4-5,15H,2-3,6-9H2,1H3. The molecule has 0 saturated heterocycles. The number of phenols is 1. The van der Waals surface area contributed by atoms with Gasteiger partial charge in [0, 0.05) is 5.56 Å². The highest BCUT2D eigenvalue weighted by molar-refractivity contribution is 5.52. The summed E-state index contributed by atoms with van der Waals surface area (Å²) in [4.78, 5) is 0. The average Bonchev–Trinajstić information content (AvgIpc) is 2.83. The van der Waals surface area contributed by atoms with Crippen LogP contribution in [0.2, 0.25) is 0 Å². The molecule has 2 aliphatic carbocycles. The minimum Gasteiger partial charge on any atom is -0.508 e. The monoisotopic (exact) mass is 202 g/mol. The highest BCUT2D eigenvalue weighted by Gasteiger charge is 2.43. The van der Waals surface area contributed by atoms with E-state index in [1.165, 1.54) is 55.2 Å². The van der Waals surface area contributed by atoms with E-state index in [1.807, 2.05) is 6.07 Å². The molecular weight excluding hydrogens is 184 g/mol. The molecule has 1 nitrogen and oxygen atoms in total. The number of aryl methyl sites for hydroxylation is 1. The number of rotatable bonds is 0. The minimum absolute atomic E-state index is 0.353. The molecule has 1 aromatic carbocycles. The molecule has 2 aliphatic rings. The summed E-state index contributed by atoms with van der Waals surface area (Å²) in [5.41, 5.74) is 4.47. The molecule has 1 heteroatoms. The van der Waals surface area contributed by atoms with Crippen molar-refractivity contribution in [2.75, 3.05) is 0 Å². The van der Waals surface area contributed by atoms with Gasteiger partial charge in [-0.25, -0.2) is 0 Å². The Morgan fingerprint density at radius 1 is 1.13 bits per heavy atom. The van der Waals surface area contributed by atoms with E-state index >= 15 is 0 Å². The van der Waals surface area contributed by atoms with E-state index in [0.717, 1.165) is 0 Å². The van der Waals surface area contributed by atoms with Gasteiger partial charge in [0.25, 0.3) is 0 Å². The Kier molecular flexibility index (Phi) is 1.86. The molecule has 1 aromatic rings. The molecule has 1 saturated carbocycles. The van der Waals surface area contributed by atoms with Gasteiger partial charge in [-0.3, -0.25) is 0 Å². The molecular formula is C14H18O. The van der Waals surface area contributed by atoms with Gasteiger partial charge in [-0.15, -0.1) is 0 Å². The third-order valence-electron chi connectivity index (χ3n) is 4.47. The Labute approximate surface area is 91.1 Å². The Balaban J connectivity index is 2.20. The molecule has 80 valence electrons. The van der Waals surface area contributed by atoms with Gasteiger partial charge >= 0.3 is 0 Å². The molecule has 1 N–H and O–H groups in total. The fourth-order valence-electron chi connectivity index (χ4n) is 3.69. The SMILES string of the molecule is Cc1ccc(O)c2c1CCC21CCCC1. The molecule has 0 atom stereocenters. The molecule has 0 amide bonds. The van der Waals surface area contributed by atoms with Crippen molar-refractivity contribution in [2.45, 2.75) is 50.9 Å². The molecule has 0 heterocycles. The summed E-state index contributed by atoms with van der Waals surface area (Å²) in [6.07, 6.45) is 7.70. The maximum absolute atomic E-state index is 10.1. The van der Waals surface area contributed by atoms with Crippen LogP contribution in [0.3, 0.4) is 0 Å². The van der Waals surface area contributed by atoms with Crippen LogP contribution >= 0.6 is 0 Å². The first-order valence-corrected chi connectivity index (χ1v) is 6.05. The van der Waals surface area contributed by atoms with Crippen LogP contribution in [-0.2, 0) is 11.8 Å². The van der Waals surface area contributed by atoms with Crippen molar-refractivity contribution >= 4 is 0 Å². The van der Waals surface area contributed by atoms with E-state index in [2.05, 4.69) is 13.0 Å². The number of hydrogen-bond acceptors (Lipinski definition) is 1. The lowest BCUT2D eigenvalue weighted by Crippen LogP contribution is -2.17. The van der Waals surface area contributed by atoms with Gasteiger partial charge in [0.15, 0.2) is 0 Å². The van der Waals surface area contributed by atoms with Crippen LogP contribution < -0.4 is 0 Å². The number of phenolic OH excluding ortho intramolecular Hbond substituents is 1. The van der Waals surface area contributed by atoms with E-state index in [4.69, 9.17) is 0 Å². The summed E-state index contributed by atoms with van der Waals surface area (Å²) < 4.78 is 0.